The van der Waals surface area contributed by atoms with E-state index in [0.29, 0.717) is 16.5 Å². The first-order valence-electron chi connectivity index (χ1n) is 6.70. The molecule has 5 heteroatoms. The predicted molar refractivity (Wildman–Crippen MR) is 85.3 cm³/mol. The highest BCUT2D eigenvalue weighted by Crippen LogP contribution is 2.33. The number of pyridine rings is 1. The molecule has 0 unspecified atom stereocenters. The van der Waals surface area contributed by atoms with E-state index in [1.807, 2.05) is 32.9 Å². The van der Waals surface area contributed by atoms with E-state index < -0.39 is 0 Å². The molecule has 108 valence electrons. The van der Waals surface area contributed by atoms with Crippen molar-refractivity contribution in [2.45, 2.75) is 46.1 Å². The van der Waals surface area contributed by atoms with Gasteiger partial charge in [-0.2, -0.15) is 0 Å². The SMILES string of the molecule is CC(C)c1ccc2c(N)c(C(=O)NC(C)(C)C)sc2n1. The van der Waals surface area contributed by atoms with Gasteiger partial charge in [0.2, 0.25) is 0 Å². The summed E-state index contributed by atoms with van der Waals surface area (Å²) >= 11 is 1.36. The van der Waals surface area contributed by atoms with Gasteiger partial charge < -0.3 is 11.1 Å². The first kappa shape index (κ1) is 14.8. The topological polar surface area (TPSA) is 68.0 Å². The number of anilines is 1. The van der Waals surface area contributed by atoms with Crippen molar-refractivity contribution in [3.05, 3.63) is 22.7 Å². The normalized spacial score (nSPS) is 12.1. The second kappa shape index (κ2) is 5.05. The Morgan fingerprint density at radius 1 is 1.35 bits per heavy atom. The number of nitrogens with two attached hydrogens (primary N) is 1. The molecular weight excluding hydrogens is 270 g/mol. The van der Waals surface area contributed by atoms with Crippen molar-refractivity contribution in [3.63, 3.8) is 0 Å². The number of carbonyl (C=O) groups excluding carboxylic acids is 1. The molecule has 3 N–H and O–H groups in total. The Balaban J connectivity index is 2.45. The maximum atomic E-state index is 12.3. The molecule has 0 aromatic carbocycles. The van der Waals surface area contributed by atoms with Crippen LogP contribution >= 0.6 is 11.3 Å². The van der Waals surface area contributed by atoms with Crippen molar-refractivity contribution in [2.75, 3.05) is 5.73 Å². The van der Waals surface area contributed by atoms with Crippen LogP contribution < -0.4 is 11.1 Å². The average Bonchev–Trinajstić information content (AvgIpc) is 2.64. The predicted octanol–water partition coefficient (Wildman–Crippen LogP) is 3.53. The molecule has 0 atom stereocenters. The molecule has 4 nitrogen and oxygen atoms in total. The molecule has 0 fully saturated rings. The van der Waals surface area contributed by atoms with Gasteiger partial charge in [-0.3, -0.25) is 4.79 Å². The van der Waals surface area contributed by atoms with E-state index in [2.05, 4.69) is 24.1 Å². The Hall–Kier alpha value is -1.62. The molecule has 0 spiro atoms. The molecule has 1 amide bonds. The van der Waals surface area contributed by atoms with E-state index in [9.17, 15) is 4.79 Å². The molecule has 0 bridgehead atoms. The standard InChI is InChI=1S/C15H21N3OS/c1-8(2)10-7-6-9-11(16)12(20-14(9)17-10)13(19)18-15(3,4)5/h6-8H,16H2,1-5H3,(H,18,19). The van der Waals surface area contributed by atoms with Gasteiger partial charge in [0.25, 0.3) is 5.91 Å². The zero-order valence-electron chi connectivity index (χ0n) is 12.6. The number of nitrogen functional groups attached to an aromatic ring is 1. The van der Waals surface area contributed by atoms with Crippen LogP contribution in [0.15, 0.2) is 12.1 Å². The minimum absolute atomic E-state index is 0.135. The fourth-order valence-electron chi connectivity index (χ4n) is 1.90. The Bertz CT molecular complexity index is 653. The van der Waals surface area contributed by atoms with Crippen LogP contribution in [0.2, 0.25) is 0 Å². The van der Waals surface area contributed by atoms with Crippen molar-refractivity contribution in [3.8, 4) is 0 Å². The number of hydrogen-bond donors (Lipinski definition) is 2. The van der Waals surface area contributed by atoms with Crippen molar-refractivity contribution in [2.24, 2.45) is 0 Å². The number of thiophene rings is 1. The van der Waals surface area contributed by atoms with Gasteiger partial charge >= 0.3 is 0 Å². The van der Waals surface area contributed by atoms with Crippen LogP contribution in [0.3, 0.4) is 0 Å². The van der Waals surface area contributed by atoms with Crippen LogP contribution in [0.5, 0.6) is 0 Å². The van der Waals surface area contributed by atoms with Gasteiger partial charge in [0.1, 0.15) is 9.71 Å². The molecular formula is C15H21N3OS. The molecule has 0 aliphatic carbocycles. The van der Waals surface area contributed by atoms with E-state index in [1.54, 1.807) is 0 Å². The third-order valence-corrected chi connectivity index (χ3v) is 4.02. The number of nitrogens with one attached hydrogen (secondary N) is 1. The number of carbonyl (C=O) groups is 1. The summed E-state index contributed by atoms with van der Waals surface area (Å²) < 4.78 is 0. The molecule has 2 aromatic rings. The van der Waals surface area contributed by atoms with E-state index in [0.717, 1.165) is 15.9 Å². The van der Waals surface area contributed by atoms with Crippen LogP contribution in [-0.4, -0.2) is 16.4 Å². The van der Waals surface area contributed by atoms with Crippen molar-refractivity contribution >= 4 is 33.1 Å². The summed E-state index contributed by atoms with van der Waals surface area (Å²) in [7, 11) is 0. The number of rotatable bonds is 2. The minimum atomic E-state index is -0.282. The lowest BCUT2D eigenvalue weighted by atomic mass is 10.1. The Kier molecular flexibility index (Phi) is 3.73. The first-order chi connectivity index (χ1) is 9.19. The molecule has 2 rings (SSSR count). The zero-order chi connectivity index (χ0) is 15.1. The number of aromatic nitrogens is 1. The number of hydrogen-bond acceptors (Lipinski definition) is 4. The number of fused-ring (bicyclic) bond motifs is 1. The van der Waals surface area contributed by atoms with Crippen LogP contribution in [0.4, 0.5) is 5.69 Å². The van der Waals surface area contributed by atoms with E-state index >= 15 is 0 Å². The maximum absolute atomic E-state index is 12.3. The summed E-state index contributed by atoms with van der Waals surface area (Å²) in [6.07, 6.45) is 0. The smallest absolute Gasteiger partial charge is 0.263 e. The van der Waals surface area contributed by atoms with E-state index in [1.165, 1.54) is 11.3 Å². The quantitative estimate of drug-likeness (QED) is 0.889. The first-order valence-corrected chi connectivity index (χ1v) is 7.52. The Morgan fingerprint density at radius 3 is 2.55 bits per heavy atom. The van der Waals surface area contributed by atoms with Crippen LogP contribution in [0, 0.1) is 0 Å². The fraction of sp³-hybridized carbons (Fsp3) is 0.467. The number of amides is 1. The molecule has 0 aliphatic heterocycles. The van der Waals surface area contributed by atoms with E-state index in [-0.39, 0.29) is 11.4 Å². The minimum Gasteiger partial charge on any atom is -0.397 e. The summed E-state index contributed by atoms with van der Waals surface area (Å²) in [5.74, 6) is 0.221. The van der Waals surface area contributed by atoms with Crippen LogP contribution in [-0.2, 0) is 0 Å². The van der Waals surface area contributed by atoms with Gasteiger partial charge in [-0.15, -0.1) is 11.3 Å². The van der Waals surface area contributed by atoms with Crippen molar-refractivity contribution in [1.82, 2.24) is 10.3 Å². The summed E-state index contributed by atoms with van der Waals surface area (Å²) in [5, 5.41) is 3.80. The van der Waals surface area contributed by atoms with Gasteiger partial charge in [-0.1, -0.05) is 13.8 Å². The molecule has 0 saturated heterocycles. The largest absolute Gasteiger partial charge is 0.397 e. The van der Waals surface area contributed by atoms with E-state index in [4.69, 9.17) is 5.73 Å². The lowest BCUT2D eigenvalue weighted by molar-refractivity contribution is 0.0924. The monoisotopic (exact) mass is 291 g/mol. The lowest BCUT2D eigenvalue weighted by Crippen LogP contribution is -2.40. The summed E-state index contributed by atoms with van der Waals surface area (Å²) in [6.45, 7) is 10.0. The summed E-state index contributed by atoms with van der Waals surface area (Å²) in [4.78, 5) is 18.2. The molecule has 0 saturated carbocycles. The molecule has 20 heavy (non-hydrogen) atoms. The highest BCUT2D eigenvalue weighted by atomic mass is 32.1. The molecule has 0 aliphatic rings. The second-order valence-electron chi connectivity index (χ2n) is 6.29. The van der Waals surface area contributed by atoms with Crippen molar-refractivity contribution < 1.29 is 4.79 Å². The second-order valence-corrected chi connectivity index (χ2v) is 7.29. The molecule has 2 aromatic heterocycles. The summed E-state index contributed by atoms with van der Waals surface area (Å²) in [5.41, 5.74) is 7.35. The Labute approximate surface area is 123 Å². The lowest BCUT2D eigenvalue weighted by Gasteiger charge is -2.19. The molecule has 2 heterocycles. The van der Waals surface area contributed by atoms with Crippen LogP contribution in [0.1, 0.15) is 55.9 Å². The van der Waals surface area contributed by atoms with Gasteiger partial charge in [-0.25, -0.2) is 4.98 Å². The average molecular weight is 291 g/mol. The highest BCUT2D eigenvalue weighted by Gasteiger charge is 2.21. The van der Waals surface area contributed by atoms with Crippen molar-refractivity contribution in [1.29, 1.82) is 0 Å². The van der Waals surface area contributed by atoms with Gasteiger partial charge in [0.15, 0.2) is 0 Å². The Morgan fingerprint density at radius 2 is 2.00 bits per heavy atom. The highest BCUT2D eigenvalue weighted by molar-refractivity contribution is 7.21. The third kappa shape index (κ3) is 2.93. The summed E-state index contributed by atoms with van der Waals surface area (Å²) in [6, 6.07) is 3.93. The van der Waals surface area contributed by atoms with Crippen LogP contribution in [0.25, 0.3) is 10.2 Å². The zero-order valence-corrected chi connectivity index (χ0v) is 13.4. The van der Waals surface area contributed by atoms with Gasteiger partial charge in [0.05, 0.1) is 5.69 Å². The third-order valence-electron chi connectivity index (χ3n) is 2.90. The number of nitrogens with zero attached hydrogens (tertiary/aromatic N) is 1. The fourth-order valence-corrected chi connectivity index (χ4v) is 2.90. The van der Waals surface area contributed by atoms with Gasteiger partial charge in [-0.05, 0) is 38.8 Å². The van der Waals surface area contributed by atoms with Gasteiger partial charge in [0, 0.05) is 16.6 Å². The maximum Gasteiger partial charge on any atom is 0.263 e. The molecule has 0 radical (unpaired) electrons.